The van der Waals surface area contributed by atoms with Gasteiger partial charge in [0.05, 0.1) is 0 Å². The first-order valence-corrected chi connectivity index (χ1v) is 16.0. The lowest BCUT2D eigenvalue weighted by molar-refractivity contribution is 0.135. The minimum atomic E-state index is 0.643. The van der Waals surface area contributed by atoms with E-state index in [0.29, 0.717) is 6.17 Å². The first-order chi connectivity index (χ1) is 16.8. The van der Waals surface area contributed by atoms with Gasteiger partial charge >= 0.3 is 0 Å². The molecule has 0 radical (unpaired) electrons. The Labute approximate surface area is 216 Å². The summed E-state index contributed by atoms with van der Waals surface area (Å²) in [6, 6.07) is 0. The molecule has 0 aromatic rings. The molecular weight excluding hydrogens is 412 g/mol. The number of hydrogen-bond donors (Lipinski definition) is 0. The first kappa shape index (κ1) is 31.4. The SMILES string of the molecule is CCCCCCCCCCCCCN1C=CN(CCCCCCCCCC)C1CCCCCC. The lowest BCUT2D eigenvalue weighted by Crippen LogP contribution is -2.39. The highest BCUT2D eigenvalue weighted by Gasteiger charge is 2.24. The normalized spacial score (nSPS) is 15.7. The van der Waals surface area contributed by atoms with Gasteiger partial charge in [0.25, 0.3) is 0 Å². The molecule has 0 N–H and O–H groups in total. The molecule has 1 aliphatic heterocycles. The van der Waals surface area contributed by atoms with Gasteiger partial charge in [0.2, 0.25) is 0 Å². The molecule has 0 aromatic heterocycles. The molecule has 1 atom stereocenters. The topological polar surface area (TPSA) is 6.48 Å². The smallest absolute Gasteiger partial charge is 0.101 e. The van der Waals surface area contributed by atoms with E-state index in [2.05, 4.69) is 43.0 Å². The summed E-state index contributed by atoms with van der Waals surface area (Å²) >= 11 is 0. The van der Waals surface area contributed by atoms with Gasteiger partial charge in [-0.25, -0.2) is 0 Å². The predicted octanol–water partition coefficient (Wildman–Crippen LogP) is 10.8. The molecule has 0 bridgehead atoms. The Kier molecular flexibility index (Phi) is 22.2. The van der Waals surface area contributed by atoms with E-state index in [1.165, 1.54) is 167 Å². The summed E-state index contributed by atoms with van der Waals surface area (Å²) in [5, 5.41) is 0. The number of rotatable bonds is 26. The van der Waals surface area contributed by atoms with Gasteiger partial charge in [-0.1, -0.05) is 149 Å². The van der Waals surface area contributed by atoms with Gasteiger partial charge in [0, 0.05) is 25.5 Å². The quantitative estimate of drug-likeness (QED) is 0.114. The molecule has 202 valence electrons. The summed E-state index contributed by atoms with van der Waals surface area (Å²) in [6.45, 7) is 9.47. The van der Waals surface area contributed by atoms with E-state index in [0.717, 1.165) is 0 Å². The maximum atomic E-state index is 2.68. The van der Waals surface area contributed by atoms with Gasteiger partial charge in [-0.2, -0.15) is 0 Å². The Morgan fingerprint density at radius 3 is 1.03 bits per heavy atom. The lowest BCUT2D eigenvalue weighted by atomic mass is 10.1. The van der Waals surface area contributed by atoms with E-state index in [-0.39, 0.29) is 0 Å². The summed E-state index contributed by atoms with van der Waals surface area (Å²) in [4.78, 5) is 5.37. The molecule has 1 rings (SSSR count). The minimum absolute atomic E-state index is 0.643. The molecule has 34 heavy (non-hydrogen) atoms. The van der Waals surface area contributed by atoms with Crippen LogP contribution >= 0.6 is 0 Å². The Hall–Kier alpha value is -0.660. The fourth-order valence-corrected chi connectivity index (χ4v) is 5.48. The molecule has 0 amide bonds. The molecule has 0 fully saturated rings. The van der Waals surface area contributed by atoms with Crippen molar-refractivity contribution in [1.29, 1.82) is 0 Å². The van der Waals surface area contributed by atoms with Crippen LogP contribution in [0.3, 0.4) is 0 Å². The van der Waals surface area contributed by atoms with Gasteiger partial charge in [-0.05, 0) is 25.7 Å². The van der Waals surface area contributed by atoms with Crippen LogP contribution in [0.5, 0.6) is 0 Å². The average molecular weight is 477 g/mol. The fraction of sp³-hybridized carbons (Fsp3) is 0.938. The van der Waals surface area contributed by atoms with E-state index < -0.39 is 0 Å². The monoisotopic (exact) mass is 477 g/mol. The molecule has 0 aromatic carbocycles. The van der Waals surface area contributed by atoms with Gasteiger partial charge in [-0.15, -0.1) is 0 Å². The van der Waals surface area contributed by atoms with Crippen LogP contribution < -0.4 is 0 Å². The Bertz CT molecular complexity index is 433. The molecule has 1 unspecified atom stereocenters. The second-order valence-electron chi connectivity index (χ2n) is 11.1. The van der Waals surface area contributed by atoms with E-state index in [4.69, 9.17) is 0 Å². The van der Waals surface area contributed by atoms with Crippen molar-refractivity contribution in [3.63, 3.8) is 0 Å². The second kappa shape index (κ2) is 24.1. The van der Waals surface area contributed by atoms with Crippen molar-refractivity contribution in [2.24, 2.45) is 0 Å². The molecule has 0 aliphatic carbocycles. The van der Waals surface area contributed by atoms with E-state index in [9.17, 15) is 0 Å². The van der Waals surface area contributed by atoms with Crippen molar-refractivity contribution >= 4 is 0 Å². The molecule has 0 spiro atoms. The van der Waals surface area contributed by atoms with Gasteiger partial charge < -0.3 is 9.80 Å². The van der Waals surface area contributed by atoms with Crippen LogP contribution in [0.1, 0.15) is 175 Å². The molecule has 2 nitrogen and oxygen atoms in total. The molecular formula is C32H64N2. The highest BCUT2D eigenvalue weighted by Crippen LogP contribution is 2.23. The standard InChI is InChI=1S/C32H64N2/c1-4-7-10-13-15-17-18-19-21-23-26-29-34-31-30-33(32(34)27-24-12-9-6-3)28-25-22-20-16-14-11-8-5-2/h30-32H,4-29H2,1-3H3. The first-order valence-electron chi connectivity index (χ1n) is 16.0. The van der Waals surface area contributed by atoms with E-state index in [1.54, 1.807) is 0 Å². The number of unbranched alkanes of at least 4 members (excludes halogenated alkanes) is 20. The molecule has 0 saturated carbocycles. The Balaban J connectivity index is 2.17. The van der Waals surface area contributed by atoms with Crippen LogP contribution in [0.4, 0.5) is 0 Å². The highest BCUT2D eigenvalue weighted by molar-refractivity contribution is 4.97. The lowest BCUT2D eigenvalue weighted by Gasteiger charge is -2.33. The summed E-state index contributed by atoms with van der Waals surface area (Å²) in [5.74, 6) is 0. The zero-order chi connectivity index (χ0) is 24.5. The van der Waals surface area contributed by atoms with E-state index >= 15 is 0 Å². The molecule has 1 heterocycles. The largest absolute Gasteiger partial charge is 0.356 e. The van der Waals surface area contributed by atoms with Crippen LogP contribution in [0.15, 0.2) is 12.4 Å². The third kappa shape index (κ3) is 16.9. The zero-order valence-electron chi connectivity index (χ0n) is 24.0. The van der Waals surface area contributed by atoms with Crippen molar-refractivity contribution in [2.45, 2.75) is 181 Å². The van der Waals surface area contributed by atoms with Crippen LogP contribution in [0.25, 0.3) is 0 Å². The number of hydrogen-bond acceptors (Lipinski definition) is 2. The summed E-state index contributed by atoms with van der Waals surface area (Å²) in [5.41, 5.74) is 0. The highest BCUT2D eigenvalue weighted by atomic mass is 15.4. The van der Waals surface area contributed by atoms with Crippen LogP contribution in [-0.2, 0) is 0 Å². The fourth-order valence-electron chi connectivity index (χ4n) is 5.48. The van der Waals surface area contributed by atoms with Crippen LogP contribution in [0.2, 0.25) is 0 Å². The van der Waals surface area contributed by atoms with Crippen molar-refractivity contribution in [3.8, 4) is 0 Å². The molecule has 1 aliphatic rings. The summed E-state index contributed by atoms with van der Waals surface area (Å²) in [6.07, 6.45) is 39.5. The molecule has 2 heteroatoms. The average Bonchev–Trinajstić information content (AvgIpc) is 3.23. The van der Waals surface area contributed by atoms with Crippen molar-refractivity contribution < 1.29 is 0 Å². The third-order valence-corrected chi connectivity index (χ3v) is 7.82. The number of nitrogens with zero attached hydrogens (tertiary/aromatic N) is 2. The third-order valence-electron chi connectivity index (χ3n) is 7.82. The van der Waals surface area contributed by atoms with Gasteiger partial charge in [0.1, 0.15) is 6.17 Å². The predicted molar refractivity (Wildman–Crippen MR) is 154 cm³/mol. The van der Waals surface area contributed by atoms with Crippen molar-refractivity contribution in [2.75, 3.05) is 13.1 Å². The second-order valence-corrected chi connectivity index (χ2v) is 11.1. The van der Waals surface area contributed by atoms with Crippen LogP contribution in [0, 0.1) is 0 Å². The summed E-state index contributed by atoms with van der Waals surface area (Å²) in [7, 11) is 0. The maximum Gasteiger partial charge on any atom is 0.101 e. The molecule has 0 saturated heterocycles. The zero-order valence-corrected chi connectivity index (χ0v) is 24.0. The minimum Gasteiger partial charge on any atom is -0.356 e. The van der Waals surface area contributed by atoms with Crippen molar-refractivity contribution in [1.82, 2.24) is 9.80 Å². The Morgan fingerprint density at radius 2 is 0.676 bits per heavy atom. The Morgan fingerprint density at radius 1 is 0.382 bits per heavy atom. The van der Waals surface area contributed by atoms with Crippen LogP contribution in [-0.4, -0.2) is 29.1 Å². The summed E-state index contributed by atoms with van der Waals surface area (Å²) < 4.78 is 0. The van der Waals surface area contributed by atoms with Gasteiger partial charge in [0.15, 0.2) is 0 Å². The van der Waals surface area contributed by atoms with E-state index in [1.807, 2.05) is 0 Å². The maximum absolute atomic E-state index is 2.68. The van der Waals surface area contributed by atoms with Gasteiger partial charge in [-0.3, -0.25) is 0 Å². The van der Waals surface area contributed by atoms with Crippen molar-refractivity contribution in [3.05, 3.63) is 12.4 Å².